The van der Waals surface area contributed by atoms with Crippen molar-refractivity contribution in [3.63, 3.8) is 0 Å². The number of nitrogens with zero attached hydrogens (tertiary/aromatic N) is 1. The quantitative estimate of drug-likeness (QED) is 0.873. The van der Waals surface area contributed by atoms with Crippen LogP contribution in [0.2, 0.25) is 0 Å². The molecule has 0 fully saturated rings. The second-order valence-corrected chi connectivity index (χ2v) is 4.19. The third-order valence-corrected chi connectivity index (χ3v) is 3.04. The second-order valence-electron chi connectivity index (χ2n) is 4.19. The normalized spacial score (nSPS) is 14.2. The summed E-state index contributed by atoms with van der Waals surface area (Å²) in [6.45, 7) is 3.77. The first-order valence-corrected chi connectivity index (χ1v) is 5.75. The van der Waals surface area contributed by atoms with E-state index in [2.05, 4.69) is 0 Å². The molecule has 0 aliphatic heterocycles. The monoisotopic (exact) mass is 238 g/mol. The van der Waals surface area contributed by atoms with Crippen LogP contribution in [0, 0.1) is 5.82 Å². The van der Waals surface area contributed by atoms with E-state index in [9.17, 15) is 9.18 Å². The van der Waals surface area contributed by atoms with E-state index in [0.717, 1.165) is 5.56 Å². The minimum Gasteiger partial charge on any atom is -0.338 e. The molecule has 2 atom stereocenters. The van der Waals surface area contributed by atoms with E-state index in [-0.39, 0.29) is 17.8 Å². The van der Waals surface area contributed by atoms with Gasteiger partial charge in [0, 0.05) is 7.05 Å². The lowest BCUT2D eigenvalue weighted by atomic mass is 10.1. The van der Waals surface area contributed by atoms with Crippen LogP contribution in [0.4, 0.5) is 4.39 Å². The van der Waals surface area contributed by atoms with Crippen molar-refractivity contribution >= 4 is 5.91 Å². The number of carbonyl (C=O) groups excluding carboxylic acids is 1. The second kappa shape index (κ2) is 5.77. The van der Waals surface area contributed by atoms with Gasteiger partial charge in [0.2, 0.25) is 5.91 Å². The molecule has 0 spiro atoms. The maximum atomic E-state index is 12.8. The van der Waals surface area contributed by atoms with Crippen LogP contribution in [0.3, 0.4) is 0 Å². The van der Waals surface area contributed by atoms with E-state index in [1.807, 2.05) is 13.8 Å². The van der Waals surface area contributed by atoms with Gasteiger partial charge in [-0.25, -0.2) is 4.39 Å². The first-order valence-electron chi connectivity index (χ1n) is 5.75. The Bertz CT molecular complexity index is 378. The van der Waals surface area contributed by atoms with Gasteiger partial charge < -0.3 is 10.6 Å². The molecule has 17 heavy (non-hydrogen) atoms. The van der Waals surface area contributed by atoms with Crippen molar-refractivity contribution in [2.45, 2.75) is 32.4 Å². The number of hydrogen-bond acceptors (Lipinski definition) is 2. The molecular formula is C13H19FN2O. The summed E-state index contributed by atoms with van der Waals surface area (Å²) >= 11 is 0. The fourth-order valence-corrected chi connectivity index (χ4v) is 1.59. The first kappa shape index (κ1) is 13.6. The third-order valence-electron chi connectivity index (χ3n) is 3.04. The predicted octanol–water partition coefficient (Wildman–Crippen LogP) is 2.08. The summed E-state index contributed by atoms with van der Waals surface area (Å²) in [5.74, 6) is -0.371. The van der Waals surface area contributed by atoms with Crippen molar-refractivity contribution in [2.75, 3.05) is 7.05 Å². The Balaban J connectivity index is 2.79. The molecule has 0 aliphatic carbocycles. The highest BCUT2D eigenvalue weighted by molar-refractivity contribution is 5.81. The molecular weight excluding hydrogens is 219 g/mol. The van der Waals surface area contributed by atoms with E-state index >= 15 is 0 Å². The number of hydrogen-bond donors (Lipinski definition) is 1. The molecule has 94 valence electrons. The minimum atomic E-state index is -0.470. The molecule has 0 saturated heterocycles. The largest absolute Gasteiger partial charge is 0.338 e. The fraction of sp³-hybridized carbons (Fsp3) is 0.462. The van der Waals surface area contributed by atoms with Crippen LogP contribution in [0.25, 0.3) is 0 Å². The van der Waals surface area contributed by atoms with Gasteiger partial charge >= 0.3 is 0 Å². The van der Waals surface area contributed by atoms with Crippen LogP contribution < -0.4 is 5.73 Å². The van der Waals surface area contributed by atoms with Crippen LogP contribution in [-0.4, -0.2) is 23.9 Å². The maximum absolute atomic E-state index is 12.8. The summed E-state index contributed by atoms with van der Waals surface area (Å²) in [6, 6.07) is 5.57. The van der Waals surface area contributed by atoms with Gasteiger partial charge in [-0.05, 0) is 31.0 Å². The van der Waals surface area contributed by atoms with Gasteiger partial charge in [0.1, 0.15) is 5.82 Å². The van der Waals surface area contributed by atoms with Crippen molar-refractivity contribution in [1.29, 1.82) is 0 Å². The Hall–Kier alpha value is -1.42. The predicted molar refractivity (Wildman–Crippen MR) is 65.9 cm³/mol. The molecule has 1 rings (SSSR count). The molecule has 0 saturated carbocycles. The SMILES string of the molecule is CCC(N)C(=O)N(C)C(C)c1ccc(F)cc1. The van der Waals surface area contributed by atoms with Crippen molar-refractivity contribution in [3.05, 3.63) is 35.6 Å². The van der Waals surface area contributed by atoms with E-state index < -0.39 is 6.04 Å². The Morgan fingerprint density at radius 1 is 1.41 bits per heavy atom. The van der Waals surface area contributed by atoms with Crippen molar-refractivity contribution in [2.24, 2.45) is 5.73 Å². The van der Waals surface area contributed by atoms with Crippen molar-refractivity contribution in [1.82, 2.24) is 4.90 Å². The summed E-state index contributed by atoms with van der Waals surface area (Å²) in [5.41, 5.74) is 6.60. The molecule has 3 nitrogen and oxygen atoms in total. The molecule has 0 heterocycles. The first-order chi connectivity index (χ1) is 7.97. The van der Waals surface area contributed by atoms with Crippen molar-refractivity contribution < 1.29 is 9.18 Å². The van der Waals surface area contributed by atoms with E-state index in [4.69, 9.17) is 5.73 Å². The number of carbonyl (C=O) groups is 1. The zero-order valence-corrected chi connectivity index (χ0v) is 10.5. The Labute approximate surface area is 101 Å². The highest BCUT2D eigenvalue weighted by atomic mass is 19.1. The topological polar surface area (TPSA) is 46.3 Å². The lowest BCUT2D eigenvalue weighted by Crippen LogP contribution is -2.42. The Morgan fingerprint density at radius 2 is 1.94 bits per heavy atom. The molecule has 1 amide bonds. The van der Waals surface area contributed by atoms with Crippen molar-refractivity contribution in [3.8, 4) is 0 Å². The molecule has 0 radical (unpaired) electrons. The number of benzene rings is 1. The molecule has 0 aromatic heterocycles. The van der Waals surface area contributed by atoms with Gasteiger partial charge in [-0.2, -0.15) is 0 Å². The average Bonchev–Trinajstić information content (AvgIpc) is 2.36. The van der Waals surface area contributed by atoms with Gasteiger partial charge in [0.25, 0.3) is 0 Å². The highest BCUT2D eigenvalue weighted by Crippen LogP contribution is 2.19. The molecule has 0 aliphatic rings. The summed E-state index contributed by atoms with van der Waals surface area (Å²) in [4.78, 5) is 13.5. The van der Waals surface area contributed by atoms with Crippen LogP contribution >= 0.6 is 0 Å². The van der Waals surface area contributed by atoms with E-state index in [1.54, 1.807) is 24.1 Å². The number of halogens is 1. The van der Waals surface area contributed by atoms with E-state index in [0.29, 0.717) is 6.42 Å². The standard InChI is InChI=1S/C13H19FN2O/c1-4-12(15)13(17)16(3)9(2)10-5-7-11(14)8-6-10/h5-9,12H,4,15H2,1-3H3. The van der Waals surface area contributed by atoms with Crippen LogP contribution in [0.15, 0.2) is 24.3 Å². The zero-order chi connectivity index (χ0) is 13.0. The lowest BCUT2D eigenvalue weighted by Gasteiger charge is -2.27. The average molecular weight is 238 g/mol. The molecule has 0 bridgehead atoms. The third kappa shape index (κ3) is 3.27. The van der Waals surface area contributed by atoms with Crippen LogP contribution in [-0.2, 0) is 4.79 Å². The van der Waals surface area contributed by atoms with Crippen LogP contribution in [0.1, 0.15) is 31.9 Å². The zero-order valence-electron chi connectivity index (χ0n) is 10.5. The molecule has 1 aromatic carbocycles. The van der Waals surface area contributed by atoms with Gasteiger partial charge in [0.15, 0.2) is 0 Å². The Kier molecular flexibility index (Phi) is 4.63. The highest BCUT2D eigenvalue weighted by Gasteiger charge is 2.21. The maximum Gasteiger partial charge on any atom is 0.239 e. The van der Waals surface area contributed by atoms with Gasteiger partial charge in [-0.3, -0.25) is 4.79 Å². The fourth-order valence-electron chi connectivity index (χ4n) is 1.59. The minimum absolute atomic E-state index is 0.0932. The summed E-state index contributed by atoms with van der Waals surface area (Å²) in [7, 11) is 1.71. The van der Waals surface area contributed by atoms with E-state index in [1.165, 1.54) is 12.1 Å². The smallest absolute Gasteiger partial charge is 0.239 e. The number of likely N-dealkylation sites (N-methyl/N-ethyl adjacent to an activating group) is 1. The van der Waals surface area contributed by atoms with Gasteiger partial charge in [0.05, 0.1) is 12.1 Å². The molecule has 2 N–H and O–H groups in total. The van der Waals surface area contributed by atoms with Gasteiger partial charge in [-0.1, -0.05) is 19.1 Å². The molecule has 4 heteroatoms. The van der Waals surface area contributed by atoms with Crippen LogP contribution in [0.5, 0.6) is 0 Å². The Morgan fingerprint density at radius 3 is 2.41 bits per heavy atom. The number of amides is 1. The summed E-state index contributed by atoms with van der Waals surface area (Å²) in [6.07, 6.45) is 0.610. The van der Waals surface area contributed by atoms with Gasteiger partial charge in [-0.15, -0.1) is 0 Å². The number of nitrogens with two attached hydrogens (primary N) is 1. The lowest BCUT2D eigenvalue weighted by molar-refractivity contribution is -0.133. The molecule has 2 unspecified atom stereocenters. The summed E-state index contributed by atoms with van der Waals surface area (Å²) in [5, 5.41) is 0. The number of rotatable bonds is 4. The molecule has 1 aromatic rings. The summed E-state index contributed by atoms with van der Waals surface area (Å²) < 4.78 is 12.8.